The summed E-state index contributed by atoms with van der Waals surface area (Å²) in [6.45, 7) is -2.86. The Kier molecular flexibility index (Phi) is 4.28. The Labute approximate surface area is 105 Å². The van der Waals surface area contributed by atoms with E-state index < -0.39 is 6.61 Å². The van der Waals surface area contributed by atoms with E-state index in [9.17, 15) is 13.6 Å². The van der Waals surface area contributed by atoms with Crippen LogP contribution in [0.4, 0.5) is 8.78 Å². The number of carbonyl (C=O) groups is 1. The average molecular weight is 254 g/mol. The van der Waals surface area contributed by atoms with Gasteiger partial charge < -0.3 is 4.74 Å². The molecule has 0 aromatic heterocycles. The lowest BCUT2D eigenvalue weighted by Gasteiger charge is -2.09. The molecule has 0 bridgehead atoms. The lowest BCUT2D eigenvalue weighted by Crippen LogP contribution is -2.07. The maximum atomic E-state index is 12.1. The van der Waals surface area contributed by atoms with E-state index in [-0.39, 0.29) is 11.5 Å². The minimum Gasteiger partial charge on any atom is -0.435 e. The minimum atomic E-state index is -2.86. The zero-order valence-electron chi connectivity index (χ0n) is 10.1. The normalized spacial score (nSPS) is 16.2. The van der Waals surface area contributed by atoms with E-state index >= 15 is 0 Å². The van der Waals surface area contributed by atoms with E-state index in [1.54, 1.807) is 12.1 Å². The molecule has 2 nitrogen and oxygen atoms in total. The maximum absolute atomic E-state index is 12.1. The highest BCUT2D eigenvalue weighted by Gasteiger charge is 2.19. The summed E-state index contributed by atoms with van der Waals surface area (Å²) in [5, 5.41) is 0. The lowest BCUT2D eigenvalue weighted by atomic mass is 9.97. The van der Waals surface area contributed by atoms with Gasteiger partial charge in [-0.15, -0.1) is 0 Å². The van der Waals surface area contributed by atoms with Crippen LogP contribution in [0.2, 0.25) is 0 Å². The van der Waals surface area contributed by atoms with E-state index in [1.807, 2.05) is 0 Å². The molecule has 98 valence electrons. The quantitative estimate of drug-likeness (QED) is 0.741. The molecule has 1 saturated carbocycles. The molecule has 0 heterocycles. The van der Waals surface area contributed by atoms with Crippen LogP contribution in [0.15, 0.2) is 24.3 Å². The lowest BCUT2D eigenvalue weighted by molar-refractivity contribution is -0.0498. The van der Waals surface area contributed by atoms with Crippen molar-refractivity contribution >= 4 is 5.78 Å². The Morgan fingerprint density at radius 2 is 2.06 bits per heavy atom. The van der Waals surface area contributed by atoms with E-state index in [2.05, 4.69) is 4.74 Å². The largest absolute Gasteiger partial charge is 0.435 e. The van der Waals surface area contributed by atoms with Gasteiger partial charge in [-0.1, -0.05) is 37.8 Å². The highest BCUT2D eigenvalue weighted by Crippen LogP contribution is 2.29. The van der Waals surface area contributed by atoms with Crippen molar-refractivity contribution in [1.29, 1.82) is 0 Å². The zero-order chi connectivity index (χ0) is 13.0. The van der Waals surface area contributed by atoms with E-state index in [1.165, 1.54) is 25.0 Å². The van der Waals surface area contributed by atoms with Gasteiger partial charge in [-0.2, -0.15) is 8.78 Å². The van der Waals surface area contributed by atoms with Crippen molar-refractivity contribution in [2.75, 3.05) is 0 Å². The van der Waals surface area contributed by atoms with Crippen LogP contribution in [0.5, 0.6) is 5.75 Å². The molecule has 0 amide bonds. The van der Waals surface area contributed by atoms with Gasteiger partial charge in [-0.05, 0) is 18.1 Å². The monoisotopic (exact) mass is 254 g/mol. The number of rotatable bonds is 5. The van der Waals surface area contributed by atoms with Crippen molar-refractivity contribution in [3.05, 3.63) is 29.8 Å². The molecule has 18 heavy (non-hydrogen) atoms. The molecular formula is C14H16F2O2. The molecule has 0 atom stereocenters. The van der Waals surface area contributed by atoms with Crippen molar-refractivity contribution in [3.63, 3.8) is 0 Å². The fourth-order valence-corrected chi connectivity index (χ4v) is 2.44. The van der Waals surface area contributed by atoms with Gasteiger partial charge in [0.15, 0.2) is 5.78 Å². The third-order valence-electron chi connectivity index (χ3n) is 3.33. The van der Waals surface area contributed by atoms with Gasteiger partial charge in [0.25, 0.3) is 0 Å². The standard InChI is InChI=1S/C14H16F2O2/c15-14(16)18-12-7-3-6-11(9-12)13(17)8-10-4-1-2-5-10/h3,6-7,9-10,14H,1-2,4-5,8H2. The van der Waals surface area contributed by atoms with Crippen LogP contribution in [0.25, 0.3) is 0 Å². The Hall–Kier alpha value is -1.45. The summed E-state index contributed by atoms with van der Waals surface area (Å²) in [6, 6.07) is 6.04. The summed E-state index contributed by atoms with van der Waals surface area (Å²) in [4.78, 5) is 12.0. The maximum Gasteiger partial charge on any atom is 0.387 e. The summed E-state index contributed by atoms with van der Waals surface area (Å²) < 4.78 is 28.4. The molecule has 1 aliphatic rings. The molecule has 4 heteroatoms. The number of ketones is 1. The van der Waals surface area contributed by atoms with Crippen LogP contribution < -0.4 is 4.74 Å². The smallest absolute Gasteiger partial charge is 0.387 e. The average Bonchev–Trinajstić information content (AvgIpc) is 2.81. The molecule has 0 unspecified atom stereocenters. The van der Waals surface area contributed by atoms with E-state index in [4.69, 9.17) is 0 Å². The van der Waals surface area contributed by atoms with Crippen LogP contribution in [0.3, 0.4) is 0 Å². The number of benzene rings is 1. The van der Waals surface area contributed by atoms with Crippen LogP contribution in [-0.4, -0.2) is 12.4 Å². The second-order valence-electron chi connectivity index (χ2n) is 4.68. The zero-order valence-corrected chi connectivity index (χ0v) is 10.1. The van der Waals surface area contributed by atoms with Crippen molar-refractivity contribution in [1.82, 2.24) is 0 Å². The Morgan fingerprint density at radius 1 is 1.33 bits per heavy atom. The summed E-state index contributed by atoms with van der Waals surface area (Å²) in [7, 11) is 0. The molecule has 1 aromatic carbocycles. The first kappa shape index (κ1) is 13.0. The summed E-state index contributed by atoms with van der Waals surface area (Å²) >= 11 is 0. The van der Waals surface area contributed by atoms with Gasteiger partial charge in [-0.25, -0.2) is 0 Å². The second kappa shape index (κ2) is 5.94. The number of carbonyl (C=O) groups excluding carboxylic acids is 1. The molecule has 1 aliphatic carbocycles. The van der Waals surface area contributed by atoms with Gasteiger partial charge in [0.05, 0.1) is 0 Å². The van der Waals surface area contributed by atoms with Gasteiger partial charge in [0.1, 0.15) is 5.75 Å². The first-order valence-corrected chi connectivity index (χ1v) is 6.23. The third kappa shape index (κ3) is 3.52. The molecule has 1 fully saturated rings. The molecule has 0 aliphatic heterocycles. The number of Topliss-reactive ketones (excluding diaryl/α,β-unsaturated/α-hetero) is 1. The number of alkyl halides is 2. The number of halogens is 2. The molecule has 0 saturated heterocycles. The highest BCUT2D eigenvalue weighted by atomic mass is 19.3. The molecule has 2 rings (SSSR count). The van der Waals surface area contributed by atoms with Crippen LogP contribution in [0.1, 0.15) is 42.5 Å². The fourth-order valence-electron chi connectivity index (χ4n) is 2.44. The molecule has 0 N–H and O–H groups in total. The molecule has 0 radical (unpaired) electrons. The van der Waals surface area contributed by atoms with Crippen molar-refractivity contribution < 1.29 is 18.3 Å². The predicted octanol–water partition coefficient (Wildman–Crippen LogP) is 4.05. The number of hydrogen-bond donors (Lipinski definition) is 0. The first-order valence-electron chi connectivity index (χ1n) is 6.23. The van der Waals surface area contributed by atoms with Crippen molar-refractivity contribution in [3.8, 4) is 5.75 Å². The molecular weight excluding hydrogens is 238 g/mol. The third-order valence-corrected chi connectivity index (χ3v) is 3.33. The SMILES string of the molecule is O=C(CC1CCCC1)c1cccc(OC(F)F)c1. The number of ether oxygens (including phenoxy) is 1. The van der Waals surface area contributed by atoms with Crippen LogP contribution >= 0.6 is 0 Å². The Balaban J connectivity index is 2.00. The Bertz CT molecular complexity index is 412. The van der Waals surface area contributed by atoms with Gasteiger partial charge in [0.2, 0.25) is 0 Å². The van der Waals surface area contributed by atoms with E-state index in [0.29, 0.717) is 17.9 Å². The first-order chi connectivity index (χ1) is 8.65. The topological polar surface area (TPSA) is 26.3 Å². The van der Waals surface area contributed by atoms with Crippen molar-refractivity contribution in [2.45, 2.75) is 38.7 Å². The second-order valence-corrected chi connectivity index (χ2v) is 4.68. The summed E-state index contributed by atoms with van der Waals surface area (Å²) in [6.07, 6.45) is 5.08. The molecule has 1 aromatic rings. The fraction of sp³-hybridized carbons (Fsp3) is 0.500. The predicted molar refractivity (Wildman–Crippen MR) is 64.0 cm³/mol. The Morgan fingerprint density at radius 3 is 2.72 bits per heavy atom. The van der Waals surface area contributed by atoms with Gasteiger partial charge in [0, 0.05) is 12.0 Å². The van der Waals surface area contributed by atoms with E-state index in [0.717, 1.165) is 12.8 Å². The summed E-state index contributed by atoms with van der Waals surface area (Å²) in [5.41, 5.74) is 0.458. The van der Waals surface area contributed by atoms with Crippen LogP contribution in [0, 0.1) is 5.92 Å². The summed E-state index contributed by atoms with van der Waals surface area (Å²) in [5.74, 6) is 0.515. The minimum absolute atomic E-state index is 0.0154. The van der Waals surface area contributed by atoms with Crippen molar-refractivity contribution in [2.24, 2.45) is 5.92 Å². The van der Waals surface area contributed by atoms with Crippen LogP contribution in [-0.2, 0) is 0 Å². The highest BCUT2D eigenvalue weighted by molar-refractivity contribution is 5.96. The number of hydrogen-bond acceptors (Lipinski definition) is 2. The van der Waals surface area contributed by atoms with Gasteiger partial charge in [-0.3, -0.25) is 4.79 Å². The molecule has 0 spiro atoms. The van der Waals surface area contributed by atoms with Gasteiger partial charge >= 0.3 is 6.61 Å².